The van der Waals surface area contributed by atoms with Gasteiger partial charge >= 0.3 is 0 Å². The van der Waals surface area contributed by atoms with E-state index < -0.39 is 0 Å². The highest BCUT2D eigenvalue weighted by atomic mass is 127. The van der Waals surface area contributed by atoms with Crippen LogP contribution in [0.5, 0.6) is 5.75 Å². The summed E-state index contributed by atoms with van der Waals surface area (Å²) < 4.78 is 6.51. The highest BCUT2D eigenvalue weighted by Gasteiger charge is 1.84. The summed E-state index contributed by atoms with van der Waals surface area (Å²) in [6.45, 7) is 4.81. The molecule has 90 valence electrons. The molecule has 0 aliphatic carbocycles. The Labute approximate surface area is 117 Å². The maximum absolute atomic E-state index is 5.21. The Morgan fingerprint density at radius 2 is 1.53 bits per heavy atom. The SMILES string of the molecule is CCOc1ccccc1.Cc1ccc(I)cc1. The van der Waals surface area contributed by atoms with Gasteiger partial charge in [0.05, 0.1) is 6.61 Å². The van der Waals surface area contributed by atoms with Crippen molar-refractivity contribution in [2.24, 2.45) is 0 Å². The highest BCUT2D eigenvalue weighted by molar-refractivity contribution is 14.1. The molecule has 0 radical (unpaired) electrons. The number of hydrogen-bond acceptors (Lipinski definition) is 1. The van der Waals surface area contributed by atoms with Gasteiger partial charge in [-0.2, -0.15) is 0 Å². The molecule has 2 rings (SSSR count). The lowest BCUT2D eigenvalue weighted by atomic mass is 10.2. The Hall–Kier alpha value is -1.03. The van der Waals surface area contributed by atoms with Crippen LogP contribution in [0, 0.1) is 10.5 Å². The topological polar surface area (TPSA) is 9.23 Å². The zero-order valence-corrected chi connectivity index (χ0v) is 12.3. The van der Waals surface area contributed by atoms with Crippen molar-refractivity contribution in [1.29, 1.82) is 0 Å². The zero-order chi connectivity index (χ0) is 12.5. The lowest BCUT2D eigenvalue weighted by Gasteiger charge is -1.99. The third kappa shape index (κ3) is 6.31. The third-order valence-corrected chi connectivity index (χ3v) is 2.78. The molecule has 1 nitrogen and oxygen atoms in total. The quantitative estimate of drug-likeness (QED) is 0.721. The number of para-hydroxylation sites is 1. The number of aryl methyl sites for hydroxylation is 1. The van der Waals surface area contributed by atoms with Crippen molar-refractivity contribution < 1.29 is 4.74 Å². The molecule has 2 aromatic rings. The van der Waals surface area contributed by atoms with Gasteiger partial charge < -0.3 is 4.74 Å². The molecular weight excluding hydrogens is 323 g/mol. The van der Waals surface area contributed by atoms with Gasteiger partial charge in [0.2, 0.25) is 0 Å². The van der Waals surface area contributed by atoms with Crippen LogP contribution < -0.4 is 4.74 Å². The molecule has 0 atom stereocenters. The number of hydrogen-bond donors (Lipinski definition) is 0. The largest absolute Gasteiger partial charge is 0.494 e. The molecule has 0 amide bonds. The van der Waals surface area contributed by atoms with E-state index in [9.17, 15) is 0 Å². The molecule has 0 saturated carbocycles. The van der Waals surface area contributed by atoms with Crippen molar-refractivity contribution in [2.45, 2.75) is 13.8 Å². The molecule has 0 saturated heterocycles. The van der Waals surface area contributed by atoms with Gasteiger partial charge in [-0.15, -0.1) is 0 Å². The van der Waals surface area contributed by atoms with E-state index in [-0.39, 0.29) is 0 Å². The molecule has 0 spiro atoms. The second kappa shape index (κ2) is 8.12. The molecule has 0 aromatic heterocycles. The molecule has 0 aliphatic heterocycles. The summed E-state index contributed by atoms with van der Waals surface area (Å²) in [4.78, 5) is 0. The Bertz CT molecular complexity index is 388. The minimum absolute atomic E-state index is 0.740. The van der Waals surface area contributed by atoms with Crippen molar-refractivity contribution in [1.82, 2.24) is 0 Å². The van der Waals surface area contributed by atoms with Gasteiger partial charge in [-0.1, -0.05) is 35.9 Å². The molecule has 0 bridgehead atoms. The van der Waals surface area contributed by atoms with Crippen LogP contribution >= 0.6 is 22.6 Å². The molecule has 0 aliphatic rings. The first-order valence-corrected chi connectivity index (χ1v) is 6.70. The molecule has 0 N–H and O–H groups in total. The van der Waals surface area contributed by atoms with Crippen LogP contribution in [0.25, 0.3) is 0 Å². The van der Waals surface area contributed by atoms with Gasteiger partial charge in [-0.05, 0) is 60.7 Å². The van der Waals surface area contributed by atoms with Gasteiger partial charge in [0.1, 0.15) is 5.75 Å². The van der Waals surface area contributed by atoms with E-state index in [1.807, 2.05) is 37.3 Å². The van der Waals surface area contributed by atoms with Crippen LogP contribution in [-0.2, 0) is 0 Å². The molecular formula is C15H17IO. The fraction of sp³-hybridized carbons (Fsp3) is 0.200. The van der Waals surface area contributed by atoms with Gasteiger partial charge in [0, 0.05) is 3.57 Å². The van der Waals surface area contributed by atoms with Crippen LogP contribution in [0.2, 0.25) is 0 Å². The smallest absolute Gasteiger partial charge is 0.119 e. The summed E-state index contributed by atoms with van der Waals surface area (Å²) in [5.41, 5.74) is 1.32. The van der Waals surface area contributed by atoms with Gasteiger partial charge in [-0.3, -0.25) is 0 Å². The third-order valence-electron chi connectivity index (χ3n) is 2.07. The summed E-state index contributed by atoms with van der Waals surface area (Å²) in [6.07, 6.45) is 0. The maximum atomic E-state index is 5.21. The minimum Gasteiger partial charge on any atom is -0.494 e. The first-order chi connectivity index (χ1) is 8.22. The van der Waals surface area contributed by atoms with Crippen molar-refractivity contribution in [3.8, 4) is 5.75 Å². The van der Waals surface area contributed by atoms with E-state index in [1.165, 1.54) is 9.13 Å². The van der Waals surface area contributed by atoms with Crippen molar-refractivity contribution in [3.05, 3.63) is 63.7 Å². The van der Waals surface area contributed by atoms with Crippen LogP contribution in [0.15, 0.2) is 54.6 Å². The summed E-state index contributed by atoms with van der Waals surface area (Å²) in [6, 6.07) is 18.2. The fourth-order valence-electron chi connectivity index (χ4n) is 1.22. The van der Waals surface area contributed by atoms with Crippen molar-refractivity contribution in [2.75, 3.05) is 6.61 Å². The molecule has 0 heterocycles. The Balaban J connectivity index is 0.000000171. The molecule has 0 unspecified atom stereocenters. The van der Waals surface area contributed by atoms with Crippen molar-refractivity contribution >= 4 is 22.6 Å². The highest BCUT2D eigenvalue weighted by Crippen LogP contribution is 2.07. The van der Waals surface area contributed by atoms with E-state index in [0.717, 1.165) is 12.4 Å². The van der Waals surface area contributed by atoms with E-state index in [2.05, 4.69) is 53.8 Å². The van der Waals surface area contributed by atoms with E-state index >= 15 is 0 Å². The maximum Gasteiger partial charge on any atom is 0.119 e. The van der Waals surface area contributed by atoms with Gasteiger partial charge in [0.25, 0.3) is 0 Å². The number of halogens is 1. The average molecular weight is 340 g/mol. The molecule has 2 aromatic carbocycles. The van der Waals surface area contributed by atoms with Crippen LogP contribution in [0.1, 0.15) is 12.5 Å². The summed E-state index contributed by atoms with van der Waals surface area (Å²) in [5, 5.41) is 0. The predicted molar refractivity (Wildman–Crippen MR) is 81.5 cm³/mol. The first-order valence-electron chi connectivity index (χ1n) is 5.62. The molecule has 17 heavy (non-hydrogen) atoms. The fourth-order valence-corrected chi connectivity index (χ4v) is 1.58. The molecule has 2 heteroatoms. The average Bonchev–Trinajstić information content (AvgIpc) is 2.36. The van der Waals surface area contributed by atoms with Gasteiger partial charge in [0.15, 0.2) is 0 Å². The Kier molecular flexibility index (Phi) is 6.70. The van der Waals surface area contributed by atoms with Crippen LogP contribution in [0.3, 0.4) is 0 Å². The Morgan fingerprint density at radius 3 is 2.00 bits per heavy atom. The van der Waals surface area contributed by atoms with Crippen molar-refractivity contribution in [3.63, 3.8) is 0 Å². The standard InChI is InChI=1S/C8H10O.C7H7I/c1-2-9-8-6-4-3-5-7-8;1-6-2-4-7(8)5-3-6/h3-7H,2H2,1H3;2-5H,1H3. The molecule has 0 fully saturated rings. The Morgan fingerprint density at radius 1 is 0.941 bits per heavy atom. The lowest BCUT2D eigenvalue weighted by molar-refractivity contribution is 0.340. The lowest BCUT2D eigenvalue weighted by Crippen LogP contribution is -1.89. The summed E-state index contributed by atoms with van der Waals surface area (Å²) in [7, 11) is 0. The summed E-state index contributed by atoms with van der Waals surface area (Å²) >= 11 is 2.30. The monoisotopic (exact) mass is 340 g/mol. The summed E-state index contributed by atoms with van der Waals surface area (Å²) in [5.74, 6) is 0.944. The van der Waals surface area contributed by atoms with E-state index in [4.69, 9.17) is 4.74 Å². The van der Waals surface area contributed by atoms with Gasteiger partial charge in [-0.25, -0.2) is 0 Å². The number of rotatable bonds is 2. The van der Waals surface area contributed by atoms with Crippen LogP contribution in [-0.4, -0.2) is 6.61 Å². The second-order valence-corrected chi connectivity index (χ2v) is 4.79. The predicted octanol–water partition coefficient (Wildman–Crippen LogP) is 4.68. The van der Waals surface area contributed by atoms with Crippen LogP contribution in [0.4, 0.5) is 0 Å². The van der Waals surface area contributed by atoms with E-state index in [1.54, 1.807) is 0 Å². The normalized spacial score (nSPS) is 9.12. The minimum atomic E-state index is 0.740. The van der Waals surface area contributed by atoms with E-state index in [0.29, 0.717) is 0 Å². The second-order valence-electron chi connectivity index (χ2n) is 3.54. The number of benzene rings is 2. The zero-order valence-electron chi connectivity index (χ0n) is 10.2. The first kappa shape index (κ1) is 14.0. The number of ether oxygens (including phenoxy) is 1.